The van der Waals surface area contributed by atoms with E-state index in [2.05, 4.69) is 12.1 Å². The molecule has 0 bridgehead atoms. The highest BCUT2D eigenvalue weighted by atomic mass is 16.4. The molecule has 2 aliphatic carbocycles. The third-order valence-corrected chi connectivity index (χ3v) is 4.89. The molecule has 1 aromatic rings. The van der Waals surface area contributed by atoms with Crippen LogP contribution in [0.5, 0.6) is 0 Å². The zero-order valence-electron chi connectivity index (χ0n) is 12.8. The Labute approximate surface area is 131 Å². The maximum atomic E-state index is 12.8. The summed E-state index contributed by atoms with van der Waals surface area (Å²) in [6.07, 6.45) is 4.90. The normalized spacial score (nSPS) is 24.7. The van der Waals surface area contributed by atoms with E-state index >= 15 is 0 Å². The topological polar surface area (TPSA) is 57.6 Å². The van der Waals surface area contributed by atoms with Crippen molar-refractivity contribution in [2.75, 3.05) is 0 Å². The maximum Gasteiger partial charge on any atom is 0.306 e. The van der Waals surface area contributed by atoms with Crippen molar-refractivity contribution in [3.8, 4) is 0 Å². The SMILES string of the molecule is O=C(O)C1CCC(C(=O)N(Cc2ccccc2)C2CC2)CC1. The van der Waals surface area contributed by atoms with Crippen LogP contribution in [0.1, 0.15) is 44.1 Å². The van der Waals surface area contributed by atoms with Gasteiger partial charge in [0.05, 0.1) is 5.92 Å². The molecule has 2 saturated carbocycles. The molecule has 1 N–H and O–H groups in total. The summed E-state index contributed by atoms with van der Waals surface area (Å²) in [4.78, 5) is 25.9. The zero-order chi connectivity index (χ0) is 15.5. The molecule has 1 aromatic carbocycles. The molecule has 3 rings (SSSR count). The fourth-order valence-electron chi connectivity index (χ4n) is 3.38. The van der Waals surface area contributed by atoms with Gasteiger partial charge < -0.3 is 10.0 Å². The smallest absolute Gasteiger partial charge is 0.306 e. The highest BCUT2D eigenvalue weighted by Crippen LogP contribution is 2.35. The fraction of sp³-hybridized carbons (Fsp3) is 0.556. The van der Waals surface area contributed by atoms with E-state index in [0.717, 1.165) is 12.8 Å². The summed E-state index contributed by atoms with van der Waals surface area (Å²) in [6.45, 7) is 0.684. The summed E-state index contributed by atoms with van der Waals surface area (Å²) in [6, 6.07) is 10.5. The Hall–Kier alpha value is -1.84. The lowest BCUT2D eigenvalue weighted by Crippen LogP contribution is -2.39. The van der Waals surface area contributed by atoms with E-state index in [1.807, 2.05) is 23.1 Å². The van der Waals surface area contributed by atoms with Crippen LogP contribution in [0, 0.1) is 11.8 Å². The standard InChI is InChI=1S/C18H23NO3/c20-17(14-6-8-15(9-7-14)18(21)22)19(16-10-11-16)12-13-4-2-1-3-5-13/h1-5,14-16H,6-12H2,(H,21,22). The summed E-state index contributed by atoms with van der Waals surface area (Å²) in [7, 11) is 0. The van der Waals surface area contributed by atoms with Crippen LogP contribution in [0.4, 0.5) is 0 Å². The summed E-state index contributed by atoms with van der Waals surface area (Å²) in [5, 5.41) is 9.07. The maximum absolute atomic E-state index is 12.8. The molecule has 0 atom stereocenters. The number of carboxylic acid groups (broad SMARTS) is 1. The van der Waals surface area contributed by atoms with Crippen LogP contribution in [0.2, 0.25) is 0 Å². The van der Waals surface area contributed by atoms with Gasteiger partial charge in [0.2, 0.25) is 5.91 Å². The van der Waals surface area contributed by atoms with E-state index in [1.54, 1.807) is 0 Å². The van der Waals surface area contributed by atoms with Crippen LogP contribution in [0.15, 0.2) is 30.3 Å². The number of hydrogen-bond acceptors (Lipinski definition) is 2. The van der Waals surface area contributed by atoms with Crippen LogP contribution in [0.25, 0.3) is 0 Å². The lowest BCUT2D eigenvalue weighted by atomic mass is 9.81. The average molecular weight is 301 g/mol. The van der Waals surface area contributed by atoms with Crippen molar-refractivity contribution in [2.24, 2.45) is 11.8 Å². The molecule has 0 spiro atoms. The molecular formula is C18H23NO3. The van der Waals surface area contributed by atoms with Gasteiger partial charge in [-0.05, 0) is 44.1 Å². The second-order valence-electron chi connectivity index (χ2n) is 6.57. The van der Waals surface area contributed by atoms with Gasteiger partial charge in [-0.2, -0.15) is 0 Å². The number of carboxylic acids is 1. The monoisotopic (exact) mass is 301 g/mol. The second kappa shape index (κ2) is 6.51. The van der Waals surface area contributed by atoms with Gasteiger partial charge in [-0.15, -0.1) is 0 Å². The highest BCUT2D eigenvalue weighted by molar-refractivity contribution is 5.80. The van der Waals surface area contributed by atoms with Gasteiger partial charge in [-0.3, -0.25) is 9.59 Å². The number of carbonyl (C=O) groups is 2. The van der Waals surface area contributed by atoms with Gasteiger partial charge in [-0.1, -0.05) is 30.3 Å². The number of nitrogens with zero attached hydrogens (tertiary/aromatic N) is 1. The number of aliphatic carboxylic acids is 1. The van der Waals surface area contributed by atoms with Crippen molar-refractivity contribution in [1.29, 1.82) is 0 Å². The summed E-state index contributed by atoms with van der Waals surface area (Å²) < 4.78 is 0. The molecule has 0 heterocycles. The van der Waals surface area contributed by atoms with Crippen LogP contribution in [-0.4, -0.2) is 27.9 Å². The Morgan fingerprint density at radius 3 is 2.09 bits per heavy atom. The minimum Gasteiger partial charge on any atom is -0.481 e. The predicted molar refractivity (Wildman–Crippen MR) is 83.1 cm³/mol. The van der Waals surface area contributed by atoms with Gasteiger partial charge in [0.25, 0.3) is 0 Å². The first kappa shape index (κ1) is 15.1. The Morgan fingerprint density at radius 2 is 1.55 bits per heavy atom. The quantitative estimate of drug-likeness (QED) is 0.909. The largest absolute Gasteiger partial charge is 0.481 e. The fourth-order valence-corrected chi connectivity index (χ4v) is 3.38. The van der Waals surface area contributed by atoms with Crippen LogP contribution < -0.4 is 0 Å². The van der Waals surface area contributed by atoms with Gasteiger partial charge in [-0.25, -0.2) is 0 Å². The Bertz CT molecular complexity index is 531. The van der Waals surface area contributed by atoms with Crippen molar-refractivity contribution >= 4 is 11.9 Å². The summed E-state index contributed by atoms with van der Waals surface area (Å²) in [5.74, 6) is -0.725. The minimum absolute atomic E-state index is 0.0138. The van der Waals surface area contributed by atoms with Crippen LogP contribution >= 0.6 is 0 Å². The number of hydrogen-bond donors (Lipinski definition) is 1. The number of rotatable bonds is 5. The molecule has 0 saturated heterocycles. The number of amides is 1. The van der Waals surface area contributed by atoms with Crippen molar-refractivity contribution in [2.45, 2.75) is 51.1 Å². The molecule has 0 aromatic heterocycles. The van der Waals surface area contributed by atoms with Gasteiger partial charge >= 0.3 is 5.97 Å². The van der Waals surface area contributed by atoms with Crippen molar-refractivity contribution in [1.82, 2.24) is 4.90 Å². The third kappa shape index (κ3) is 3.49. The minimum atomic E-state index is -0.714. The molecular weight excluding hydrogens is 278 g/mol. The molecule has 2 aliphatic rings. The molecule has 4 heteroatoms. The van der Waals surface area contributed by atoms with Crippen LogP contribution in [-0.2, 0) is 16.1 Å². The van der Waals surface area contributed by atoms with E-state index in [0.29, 0.717) is 38.3 Å². The molecule has 0 unspecified atom stereocenters. The molecule has 0 aliphatic heterocycles. The first-order valence-electron chi connectivity index (χ1n) is 8.22. The lowest BCUT2D eigenvalue weighted by Gasteiger charge is -2.31. The molecule has 2 fully saturated rings. The molecule has 118 valence electrons. The second-order valence-corrected chi connectivity index (χ2v) is 6.57. The Kier molecular flexibility index (Phi) is 4.46. The van der Waals surface area contributed by atoms with Crippen molar-refractivity contribution in [3.63, 3.8) is 0 Å². The highest BCUT2D eigenvalue weighted by Gasteiger charge is 2.37. The van der Waals surface area contributed by atoms with Crippen molar-refractivity contribution in [3.05, 3.63) is 35.9 Å². The van der Waals surface area contributed by atoms with E-state index < -0.39 is 5.97 Å². The molecule has 4 nitrogen and oxygen atoms in total. The first-order valence-corrected chi connectivity index (χ1v) is 8.22. The lowest BCUT2D eigenvalue weighted by molar-refractivity contribution is -0.146. The first-order chi connectivity index (χ1) is 10.6. The summed E-state index contributed by atoms with van der Waals surface area (Å²) in [5.41, 5.74) is 1.17. The average Bonchev–Trinajstić information content (AvgIpc) is 3.38. The third-order valence-electron chi connectivity index (χ3n) is 4.89. The van der Waals surface area contributed by atoms with E-state index in [1.165, 1.54) is 5.56 Å². The molecule has 22 heavy (non-hydrogen) atoms. The van der Waals surface area contributed by atoms with Gasteiger partial charge in [0.1, 0.15) is 0 Å². The van der Waals surface area contributed by atoms with E-state index in [-0.39, 0.29) is 17.7 Å². The van der Waals surface area contributed by atoms with E-state index in [4.69, 9.17) is 5.11 Å². The van der Waals surface area contributed by atoms with Crippen molar-refractivity contribution < 1.29 is 14.7 Å². The Morgan fingerprint density at radius 1 is 0.955 bits per heavy atom. The molecule has 1 amide bonds. The number of carbonyl (C=O) groups excluding carboxylic acids is 1. The Balaban J connectivity index is 1.62. The summed E-state index contributed by atoms with van der Waals surface area (Å²) >= 11 is 0. The number of benzene rings is 1. The predicted octanol–water partition coefficient (Wildman–Crippen LogP) is 3.07. The van der Waals surface area contributed by atoms with E-state index in [9.17, 15) is 9.59 Å². The molecule has 0 radical (unpaired) electrons. The zero-order valence-corrected chi connectivity index (χ0v) is 12.8. The van der Waals surface area contributed by atoms with Crippen LogP contribution in [0.3, 0.4) is 0 Å². The van der Waals surface area contributed by atoms with Gasteiger partial charge in [0.15, 0.2) is 0 Å². The van der Waals surface area contributed by atoms with Gasteiger partial charge in [0, 0.05) is 18.5 Å².